The molecule has 23 heavy (non-hydrogen) atoms. The first kappa shape index (κ1) is 25.2. The Morgan fingerprint density at radius 3 is 2.22 bits per heavy atom. The summed E-state index contributed by atoms with van der Waals surface area (Å²) in [6, 6.07) is 0.461. The number of halogens is 1. The third kappa shape index (κ3) is 15.2. The highest BCUT2D eigenvalue weighted by atomic mass is 127. The van der Waals surface area contributed by atoms with E-state index in [2.05, 4.69) is 64.0 Å². The minimum atomic E-state index is 0. The lowest BCUT2D eigenvalue weighted by Gasteiger charge is -2.21. The maximum absolute atomic E-state index is 4.70. The first-order chi connectivity index (χ1) is 10.3. The van der Waals surface area contributed by atoms with Crippen molar-refractivity contribution in [1.29, 1.82) is 0 Å². The van der Waals surface area contributed by atoms with Crippen LogP contribution >= 0.6 is 24.0 Å². The Morgan fingerprint density at radius 2 is 1.74 bits per heavy atom. The van der Waals surface area contributed by atoms with Crippen LogP contribution < -0.4 is 10.6 Å². The summed E-state index contributed by atoms with van der Waals surface area (Å²) in [6.45, 7) is 20.9. The van der Waals surface area contributed by atoms with E-state index in [0.29, 0.717) is 11.5 Å². The highest BCUT2D eigenvalue weighted by molar-refractivity contribution is 14.0. The zero-order chi connectivity index (χ0) is 17.0. The van der Waals surface area contributed by atoms with Gasteiger partial charge in [0.05, 0.1) is 0 Å². The fraction of sp³-hybridized carbons (Fsp3) is 0.944. The number of nitrogens with zero attached hydrogens (tertiary/aromatic N) is 2. The predicted molar refractivity (Wildman–Crippen MR) is 115 cm³/mol. The molecule has 1 atom stereocenters. The minimum absolute atomic E-state index is 0. The van der Waals surface area contributed by atoms with Crippen LogP contribution in [-0.4, -0.2) is 49.6 Å². The van der Waals surface area contributed by atoms with Gasteiger partial charge in [0.25, 0.3) is 0 Å². The maximum atomic E-state index is 4.70. The van der Waals surface area contributed by atoms with Gasteiger partial charge in [0.15, 0.2) is 5.96 Å². The van der Waals surface area contributed by atoms with Crippen molar-refractivity contribution >= 4 is 29.9 Å². The molecule has 0 aromatic carbocycles. The molecular weight excluding hydrogens is 399 g/mol. The summed E-state index contributed by atoms with van der Waals surface area (Å²) in [6.07, 6.45) is 3.53. The van der Waals surface area contributed by atoms with Crippen molar-refractivity contribution in [2.24, 2.45) is 10.4 Å². The fourth-order valence-corrected chi connectivity index (χ4v) is 2.29. The van der Waals surface area contributed by atoms with Crippen LogP contribution in [0.2, 0.25) is 0 Å². The standard InChI is InChI=1S/C18H40N4.HI/c1-8-19-17(20-14-13-18(5,6)7)21-16(4)12-11-15-22(9-2)10-3;/h16H,8-15H2,1-7H3,(H2,19,20,21);1H. The first-order valence-corrected chi connectivity index (χ1v) is 9.09. The molecular formula is C18H41IN4. The molecule has 5 heteroatoms. The van der Waals surface area contributed by atoms with E-state index in [1.807, 2.05) is 0 Å². The van der Waals surface area contributed by atoms with Gasteiger partial charge in [-0.25, -0.2) is 0 Å². The summed E-state index contributed by atoms with van der Waals surface area (Å²) in [7, 11) is 0. The van der Waals surface area contributed by atoms with Gasteiger partial charge in [-0.3, -0.25) is 4.99 Å². The summed E-state index contributed by atoms with van der Waals surface area (Å²) in [5.74, 6) is 0.960. The Hall–Kier alpha value is -0.0400. The van der Waals surface area contributed by atoms with Crippen molar-refractivity contribution < 1.29 is 0 Å². The summed E-state index contributed by atoms with van der Waals surface area (Å²) < 4.78 is 0. The molecule has 0 rings (SSSR count). The highest BCUT2D eigenvalue weighted by Crippen LogP contribution is 2.17. The van der Waals surface area contributed by atoms with E-state index in [0.717, 1.165) is 38.6 Å². The lowest BCUT2D eigenvalue weighted by atomic mass is 9.92. The Balaban J connectivity index is 0. The highest BCUT2D eigenvalue weighted by Gasteiger charge is 2.10. The molecule has 1 unspecified atom stereocenters. The van der Waals surface area contributed by atoms with Gasteiger partial charge in [0, 0.05) is 19.1 Å². The number of hydrogen-bond donors (Lipinski definition) is 2. The minimum Gasteiger partial charge on any atom is -0.357 e. The van der Waals surface area contributed by atoms with E-state index in [1.54, 1.807) is 0 Å². The van der Waals surface area contributed by atoms with Crippen molar-refractivity contribution in [2.45, 2.75) is 73.8 Å². The van der Waals surface area contributed by atoms with Gasteiger partial charge in [0.2, 0.25) is 0 Å². The molecule has 2 N–H and O–H groups in total. The topological polar surface area (TPSA) is 39.7 Å². The van der Waals surface area contributed by atoms with Crippen LogP contribution in [-0.2, 0) is 0 Å². The van der Waals surface area contributed by atoms with Crippen LogP contribution in [0, 0.1) is 5.41 Å². The Kier molecular flexibility index (Phi) is 15.7. The second-order valence-corrected chi connectivity index (χ2v) is 7.29. The smallest absolute Gasteiger partial charge is 0.191 e. The Bertz CT molecular complexity index is 296. The third-order valence-electron chi connectivity index (χ3n) is 3.86. The van der Waals surface area contributed by atoms with Crippen LogP contribution in [0.5, 0.6) is 0 Å². The predicted octanol–water partition coefficient (Wildman–Crippen LogP) is 4.11. The number of guanidine groups is 1. The second-order valence-electron chi connectivity index (χ2n) is 7.29. The Morgan fingerprint density at radius 1 is 1.13 bits per heavy atom. The number of hydrogen-bond acceptors (Lipinski definition) is 2. The zero-order valence-electron chi connectivity index (χ0n) is 16.5. The van der Waals surface area contributed by atoms with Crippen molar-refractivity contribution in [3.05, 3.63) is 0 Å². The molecule has 0 aliphatic rings. The molecule has 0 aromatic heterocycles. The van der Waals surface area contributed by atoms with Gasteiger partial charge < -0.3 is 15.5 Å². The number of rotatable bonds is 10. The van der Waals surface area contributed by atoms with Crippen molar-refractivity contribution in [1.82, 2.24) is 15.5 Å². The molecule has 0 bridgehead atoms. The van der Waals surface area contributed by atoms with Crippen molar-refractivity contribution in [3.63, 3.8) is 0 Å². The lowest BCUT2D eigenvalue weighted by Crippen LogP contribution is -2.42. The summed E-state index contributed by atoms with van der Waals surface area (Å²) >= 11 is 0. The van der Waals surface area contributed by atoms with Crippen molar-refractivity contribution in [3.8, 4) is 0 Å². The van der Waals surface area contributed by atoms with Crippen LogP contribution in [0.4, 0.5) is 0 Å². The average Bonchev–Trinajstić information content (AvgIpc) is 2.42. The molecule has 0 radical (unpaired) electrons. The quantitative estimate of drug-likeness (QED) is 0.305. The van der Waals surface area contributed by atoms with E-state index in [9.17, 15) is 0 Å². The molecule has 0 aliphatic heterocycles. The maximum Gasteiger partial charge on any atom is 0.191 e. The number of nitrogens with one attached hydrogen (secondary N) is 2. The molecule has 0 amide bonds. The third-order valence-corrected chi connectivity index (χ3v) is 3.86. The Labute approximate surface area is 162 Å². The summed E-state index contributed by atoms with van der Waals surface area (Å²) in [5, 5.41) is 6.88. The van der Waals surface area contributed by atoms with Gasteiger partial charge in [-0.05, 0) is 58.2 Å². The normalized spacial score (nSPS) is 13.7. The van der Waals surface area contributed by atoms with Gasteiger partial charge in [-0.2, -0.15) is 0 Å². The molecule has 0 aromatic rings. The van der Waals surface area contributed by atoms with Gasteiger partial charge in [0.1, 0.15) is 0 Å². The fourth-order valence-electron chi connectivity index (χ4n) is 2.29. The zero-order valence-corrected chi connectivity index (χ0v) is 18.9. The molecule has 4 nitrogen and oxygen atoms in total. The molecule has 0 saturated carbocycles. The van der Waals surface area contributed by atoms with Crippen LogP contribution in [0.25, 0.3) is 0 Å². The van der Waals surface area contributed by atoms with E-state index in [1.165, 1.54) is 19.4 Å². The molecule has 0 aliphatic carbocycles. The van der Waals surface area contributed by atoms with Gasteiger partial charge in [-0.15, -0.1) is 24.0 Å². The van der Waals surface area contributed by atoms with E-state index in [4.69, 9.17) is 4.99 Å². The van der Waals surface area contributed by atoms with Crippen LogP contribution in [0.3, 0.4) is 0 Å². The SMILES string of the molecule is CCNC(=NCCC(C)(C)C)NC(C)CCCN(CC)CC.I. The monoisotopic (exact) mass is 440 g/mol. The summed E-state index contributed by atoms with van der Waals surface area (Å²) in [5.41, 5.74) is 0.343. The van der Waals surface area contributed by atoms with E-state index >= 15 is 0 Å². The molecule has 140 valence electrons. The molecule has 0 saturated heterocycles. The molecule has 0 fully saturated rings. The van der Waals surface area contributed by atoms with E-state index < -0.39 is 0 Å². The first-order valence-electron chi connectivity index (χ1n) is 9.09. The van der Waals surface area contributed by atoms with Crippen LogP contribution in [0.15, 0.2) is 4.99 Å². The van der Waals surface area contributed by atoms with Gasteiger partial charge >= 0.3 is 0 Å². The molecule has 0 spiro atoms. The summed E-state index contributed by atoms with van der Waals surface area (Å²) in [4.78, 5) is 7.18. The molecule has 0 heterocycles. The van der Waals surface area contributed by atoms with Crippen LogP contribution in [0.1, 0.15) is 67.7 Å². The second kappa shape index (κ2) is 14.3. The van der Waals surface area contributed by atoms with Gasteiger partial charge in [-0.1, -0.05) is 34.6 Å². The lowest BCUT2D eigenvalue weighted by molar-refractivity contribution is 0.292. The largest absolute Gasteiger partial charge is 0.357 e. The average molecular weight is 440 g/mol. The number of aliphatic imine (C=N–C) groups is 1. The van der Waals surface area contributed by atoms with Crippen molar-refractivity contribution in [2.75, 3.05) is 32.7 Å². The van der Waals surface area contributed by atoms with E-state index in [-0.39, 0.29) is 24.0 Å².